The van der Waals surface area contributed by atoms with Crippen molar-refractivity contribution in [3.05, 3.63) is 35.6 Å². The minimum atomic E-state index is -1.23. The van der Waals surface area contributed by atoms with Crippen molar-refractivity contribution >= 4 is 18.0 Å². The van der Waals surface area contributed by atoms with Crippen LogP contribution in [0.15, 0.2) is 24.3 Å². The highest BCUT2D eigenvalue weighted by molar-refractivity contribution is 6.01. The van der Waals surface area contributed by atoms with Crippen molar-refractivity contribution < 1.29 is 28.3 Å². The van der Waals surface area contributed by atoms with E-state index in [1.807, 2.05) is 0 Å². The molecule has 1 aliphatic rings. The van der Waals surface area contributed by atoms with E-state index in [1.165, 1.54) is 18.2 Å². The Kier molecular flexibility index (Phi) is 3.74. The molecule has 1 heterocycles. The molecule has 0 atom stereocenters. The third-order valence-corrected chi connectivity index (χ3v) is 2.47. The molecule has 1 aromatic carbocycles. The molecule has 100 valence electrons. The number of benzene rings is 1. The topological polar surface area (TPSA) is 72.9 Å². The standard InChI is InChI=1S/C12H10FNO5/c13-9-4-2-1-3-8(9)7-18-12(17)19-14-10(15)5-6-11(14)16/h1-4H,5-7H2. The van der Waals surface area contributed by atoms with Gasteiger partial charge < -0.3 is 4.74 Å². The Labute approximate surface area is 107 Å². The van der Waals surface area contributed by atoms with Crippen LogP contribution in [0.4, 0.5) is 9.18 Å². The maximum atomic E-state index is 13.2. The van der Waals surface area contributed by atoms with Crippen LogP contribution in [0, 0.1) is 5.82 Å². The fourth-order valence-electron chi connectivity index (χ4n) is 1.51. The maximum absolute atomic E-state index is 13.2. The molecule has 0 N–H and O–H groups in total. The Morgan fingerprint density at radius 1 is 1.21 bits per heavy atom. The molecule has 0 radical (unpaired) electrons. The number of amides is 2. The Morgan fingerprint density at radius 2 is 1.84 bits per heavy atom. The first-order valence-corrected chi connectivity index (χ1v) is 5.52. The number of imide groups is 1. The van der Waals surface area contributed by atoms with Gasteiger partial charge in [0.15, 0.2) is 0 Å². The molecule has 7 heteroatoms. The molecular weight excluding hydrogens is 257 g/mol. The van der Waals surface area contributed by atoms with Crippen LogP contribution in [0.25, 0.3) is 0 Å². The van der Waals surface area contributed by atoms with E-state index in [2.05, 4.69) is 9.57 Å². The summed E-state index contributed by atoms with van der Waals surface area (Å²) in [5, 5.41) is 0.365. The predicted molar refractivity (Wildman–Crippen MR) is 58.8 cm³/mol. The first-order chi connectivity index (χ1) is 9.08. The summed E-state index contributed by atoms with van der Waals surface area (Å²) in [7, 11) is 0. The van der Waals surface area contributed by atoms with Crippen molar-refractivity contribution in [3.63, 3.8) is 0 Å². The Bertz CT molecular complexity index is 515. The van der Waals surface area contributed by atoms with Gasteiger partial charge in [-0.25, -0.2) is 9.18 Å². The molecule has 0 aliphatic carbocycles. The van der Waals surface area contributed by atoms with Crippen molar-refractivity contribution in [1.29, 1.82) is 0 Å². The van der Waals surface area contributed by atoms with Crippen LogP contribution < -0.4 is 0 Å². The zero-order valence-electron chi connectivity index (χ0n) is 9.80. The highest BCUT2D eigenvalue weighted by Gasteiger charge is 2.33. The number of hydrogen-bond acceptors (Lipinski definition) is 5. The SMILES string of the molecule is O=C(OCc1ccccc1F)ON1C(=O)CCC1=O. The van der Waals surface area contributed by atoms with E-state index in [-0.39, 0.29) is 25.0 Å². The summed E-state index contributed by atoms with van der Waals surface area (Å²) in [4.78, 5) is 38.0. The van der Waals surface area contributed by atoms with E-state index in [0.29, 0.717) is 5.06 Å². The molecule has 1 aliphatic heterocycles. The molecule has 0 bridgehead atoms. The first-order valence-electron chi connectivity index (χ1n) is 5.52. The van der Waals surface area contributed by atoms with Crippen LogP contribution in [0.1, 0.15) is 18.4 Å². The van der Waals surface area contributed by atoms with E-state index in [9.17, 15) is 18.8 Å². The molecule has 0 aromatic heterocycles. The summed E-state index contributed by atoms with van der Waals surface area (Å²) in [5.74, 6) is -1.73. The zero-order chi connectivity index (χ0) is 13.8. The average molecular weight is 267 g/mol. The summed E-state index contributed by atoms with van der Waals surface area (Å²) in [5.41, 5.74) is 0.165. The van der Waals surface area contributed by atoms with Gasteiger partial charge in [-0.1, -0.05) is 23.3 Å². The Hall–Kier alpha value is -2.44. The van der Waals surface area contributed by atoms with Gasteiger partial charge >= 0.3 is 6.16 Å². The van der Waals surface area contributed by atoms with Gasteiger partial charge in [0.1, 0.15) is 12.4 Å². The third-order valence-electron chi connectivity index (χ3n) is 2.47. The number of nitrogens with zero attached hydrogens (tertiary/aromatic N) is 1. The first kappa shape index (κ1) is 13.0. The Balaban J connectivity index is 1.87. The monoisotopic (exact) mass is 267 g/mol. The number of hydrogen-bond donors (Lipinski definition) is 0. The van der Waals surface area contributed by atoms with Crippen LogP contribution in [-0.2, 0) is 25.8 Å². The number of rotatable bonds is 3. The maximum Gasteiger partial charge on any atom is 0.534 e. The van der Waals surface area contributed by atoms with Gasteiger partial charge in [-0.05, 0) is 6.07 Å². The summed E-state index contributed by atoms with van der Waals surface area (Å²) in [6.45, 7) is -0.346. The average Bonchev–Trinajstić information content (AvgIpc) is 2.70. The summed E-state index contributed by atoms with van der Waals surface area (Å²) < 4.78 is 17.8. The lowest BCUT2D eigenvalue weighted by atomic mass is 10.2. The number of carbonyl (C=O) groups is 3. The number of carbonyl (C=O) groups excluding carboxylic acids is 3. The molecule has 6 nitrogen and oxygen atoms in total. The molecule has 19 heavy (non-hydrogen) atoms. The summed E-state index contributed by atoms with van der Waals surface area (Å²) >= 11 is 0. The molecule has 1 aromatic rings. The van der Waals surface area contributed by atoms with Crippen molar-refractivity contribution in [2.45, 2.75) is 19.4 Å². The molecular formula is C12H10FNO5. The third kappa shape index (κ3) is 3.06. The Morgan fingerprint density at radius 3 is 2.47 bits per heavy atom. The van der Waals surface area contributed by atoms with Gasteiger partial charge in [0.25, 0.3) is 11.8 Å². The van der Waals surface area contributed by atoms with Crippen LogP contribution in [0.5, 0.6) is 0 Å². The van der Waals surface area contributed by atoms with E-state index in [4.69, 9.17) is 0 Å². The summed E-state index contributed by atoms with van der Waals surface area (Å²) in [6.07, 6.45) is -1.23. The number of halogens is 1. The van der Waals surface area contributed by atoms with E-state index < -0.39 is 23.8 Å². The summed E-state index contributed by atoms with van der Waals surface area (Å²) in [6, 6.07) is 5.74. The predicted octanol–water partition coefficient (Wildman–Crippen LogP) is 1.54. The van der Waals surface area contributed by atoms with Crippen molar-refractivity contribution in [3.8, 4) is 0 Å². The van der Waals surface area contributed by atoms with E-state index >= 15 is 0 Å². The largest absolute Gasteiger partial charge is 0.534 e. The van der Waals surface area contributed by atoms with E-state index in [1.54, 1.807) is 6.07 Å². The van der Waals surface area contributed by atoms with Crippen molar-refractivity contribution in [2.75, 3.05) is 0 Å². The second-order valence-corrected chi connectivity index (χ2v) is 3.80. The second-order valence-electron chi connectivity index (χ2n) is 3.80. The quantitative estimate of drug-likeness (QED) is 0.613. The lowest BCUT2D eigenvalue weighted by Crippen LogP contribution is -2.32. The smallest absolute Gasteiger partial charge is 0.428 e. The van der Waals surface area contributed by atoms with Crippen molar-refractivity contribution in [1.82, 2.24) is 5.06 Å². The van der Waals surface area contributed by atoms with Gasteiger partial charge in [-0.2, -0.15) is 0 Å². The normalized spacial score (nSPS) is 14.7. The lowest BCUT2D eigenvalue weighted by Gasteiger charge is -2.12. The zero-order valence-corrected chi connectivity index (χ0v) is 9.80. The fraction of sp³-hybridized carbons (Fsp3) is 0.250. The molecule has 2 rings (SSSR count). The van der Waals surface area contributed by atoms with Crippen molar-refractivity contribution in [2.24, 2.45) is 0 Å². The molecule has 0 unspecified atom stereocenters. The molecule has 1 saturated heterocycles. The minimum absolute atomic E-state index is 0.000569. The van der Waals surface area contributed by atoms with Crippen LogP contribution in [-0.4, -0.2) is 23.0 Å². The van der Waals surface area contributed by atoms with Gasteiger partial charge in [0.05, 0.1) is 0 Å². The molecule has 0 spiro atoms. The highest BCUT2D eigenvalue weighted by atomic mass is 19.1. The lowest BCUT2D eigenvalue weighted by molar-refractivity contribution is -0.177. The number of hydroxylamine groups is 2. The minimum Gasteiger partial charge on any atom is -0.428 e. The van der Waals surface area contributed by atoms with Gasteiger partial charge in [-0.15, -0.1) is 0 Å². The number of ether oxygens (including phenoxy) is 1. The van der Waals surface area contributed by atoms with Gasteiger partial charge in [-0.3, -0.25) is 14.4 Å². The molecule has 2 amide bonds. The fourth-order valence-corrected chi connectivity index (χ4v) is 1.51. The van der Waals surface area contributed by atoms with Gasteiger partial charge in [0, 0.05) is 18.4 Å². The van der Waals surface area contributed by atoms with Crippen LogP contribution in [0.2, 0.25) is 0 Å². The highest BCUT2D eigenvalue weighted by Crippen LogP contribution is 2.13. The second kappa shape index (κ2) is 5.47. The van der Waals surface area contributed by atoms with Gasteiger partial charge in [0.2, 0.25) is 0 Å². The molecule has 1 fully saturated rings. The van der Waals surface area contributed by atoms with E-state index in [0.717, 1.165) is 0 Å². The molecule has 0 saturated carbocycles. The van der Waals surface area contributed by atoms with Crippen LogP contribution in [0.3, 0.4) is 0 Å². The van der Waals surface area contributed by atoms with Crippen LogP contribution >= 0.6 is 0 Å².